The Morgan fingerprint density at radius 3 is 2.33 bits per heavy atom. The summed E-state index contributed by atoms with van der Waals surface area (Å²) in [6.07, 6.45) is 4.76. The summed E-state index contributed by atoms with van der Waals surface area (Å²) in [7, 11) is 0. The summed E-state index contributed by atoms with van der Waals surface area (Å²) >= 11 is 1.73. The molecule has 4 rings (SSSR count). The molecule has 0 unspecified atom stereocenters. The molecule has 0 radical (unpaired) electrons. The lowest BCUT2D eigenvalue weighted by Gasteiger charge is -2.28. The fourth-order valence-electron chi connectivity index (χ4n) is 3.84. The Bertz CT molecular complexity index is 867. The standard InChI is InChI=1S/C23H23NO2S/c25-22(24-17-23(13-4-5-14-23)19-12-15-27-16-19)18-8-10-21(11-9-18)26-20-6-2-1-3-7-20/h1-3,6-12,15-16H,4-5,13-14,17H2,(H,24,25). The molecule has 0 spiro atoms. The first kappa shape index (κ1) is 17.8. The molecule has 2 aromatic carbocycles. The smallest absolute Gasteiger partial charge is 0.251 e. The van der Waals surface area contributed by atoms with Crippen molar-refractivity contribution >= 4 is 17.2 Å². The molecule has 1 saturated carbocycles. The number of benzene rings is 2. The van der Waals surface area contributed by atoms with Gasteiger partial charge >= 0.3 is 0 Å². The maximum atomic E-state index is 12.6. The maximum absolute atomic E-state index is 12.6. The molecule has 4 heteroatoms. The third kappa shape index (κ3) is 4.06. The van der Waals surface area contributed by atoms with E-state index in [0.29, 0.717) is 12.1 Å². The van der Waals surface area contributed by atoms with Gasteiger partial charge in [-0.2, -0.15) is 11.3 Å². The second-order valence-corrected chi connectivity index (χ2v) is 7.90. The van der Waals surface area contributed by atoms with Crippen LogP contribution >= 0.6 is 11.3 Å². The lowest BCUT2D eigenvalue weighted by molar-refractivity contribution is 0.0943. The second-order valence-electron chi connectivity index (χ2n) is 7.12. The van der Waals surface area contributed by atoms with Gasteiger partial charge in [-0.05, 0) is 71.6 Å². The number of hydrogen-bond acceptors (Lipinski definition) is 3. The molecule has 1 fully saturated rings. The average Bonchev–Trinajstić information content (AvgIpc) is 3.40. The minimum atomic E-state index is -0.0252. The van der Waals surface area contributed by atoms with Gasteiger partial charge in [-0.3, -0.25) is 4.79 Å². The molecule has 3 aromatic rings. The van der Waals surface area contributed by atoms with Crippen LogP contribution in [0, 0.1) is 0 Å². The highest BCUT2D eigenvalue weighted by Crippen LogP contribution is 2.41. The van der Waals surface area contributed by atoms with Crippen molar-refractivity contribution in [2.45, 2.75) is 31.1 Å². The Labute approximate surface area is 164 Å². The van der Waals surface area contributed by atoms with Crippen molar-refractivity contribution in [3.05, 3.63) is 82.6 Å². The number of amides is 1. The summed E-state index contributed by atoms with van der Waals surface area (Å²) in [6, 6.07) is 19.2. The Hall–Kier alpha value is -2.59. The first-order valence-corrected chi connectivity index (χ1v) is 10.3. The van der Waals surface area contributed by atoms with Crippen LogP contribution in [0.2, 0.25) is 0 Å². The van der Waals surface area contributed by atoms with Crippen molar-refractivity contribution in [2.75, 3.05) is 6.54 Å². The van der Waals surface area contributed by atoms with Crippen LogP contribution in [0.1, 0.15) is 41.6 Å². The van der Waals surface area contributed by atoms with Gasteiger partial charge in [0, 0.05) is 17.5 Å². The summed E-state index contributed by atoms with van der Waals surface area (Å²) in [6.45, 7) is 0.699. The quantitative estimate of drug-likeness (QED) is 0.591. The van der Waals surface area contributed by atoms with Crippen molar-refractivity contribution in [3.8, 4) is 11.5 Å². The molecule has 1 amide bonds. The SMILES string of the molecule is O=C(NCC1(c2ccsc2)CCCC1)c1ccc(Oc2ccccc2)cc1. The Morgan fingerprint density at radius 1 is 0.963 bits per heavy atom. The third-order valence-corrected chi connectivity index (χ3v) is 6.06. The Balaban J connectivity index is 1.39. The molecule has 1 aliphatic carbocycles. The van der Waals surface area contributed by atoms with E-state index in [2.05, 4.69) is 22.1 Å². The van der Waals surface area contributed by atoms with Crippen LogP contribution in [0.4, 0.5) is 0 Å². The first-order valence-electron chi connectivity index (χ1n) is 9.39. The van der Waals surface area contributed by atoms with Gasteiger partial charge in [0.1, 0.15) is 11.5 Å². The number of carbonyl (C=O) groups is 1. The highest BCUT2D eigenvalue weighted by Gasteiger charge is 2.36. The van der Waals surface area contributed by atoms with Crippen molar-refractivity contribution in [2.24, 2.45) is 0 Å². The predicted octanol–water partition coefficient (Wildman–Crippen LogP) is 5.78. The number of nitrogens with one attached hydrogen (secondary N) is 1. The lowest BCUT2D eigenvalue weighted by Crippen LogP contribution is -2.38. The normalized spacial score (nSPS) is 15.4. The van der Waals surface area contributed by atoms with Gasteiger partial charge in [0.25, 0.3) is 5.91 Å². The Morgan fingerprint density at radius 2 is 1.67 bits per heavy atom. The molecule has 138 valence electrons. The van der Waals surface area contributed by atoms with Gasteiger partial charge < -0.3 is 10.1 Å². The van der Waals surface area contributed by atoms with Crippen LogP contribution < -0.4 is 10.1 Å². The highest BCUT2D eigenvalue weighted by atomic mass is 32.1. The fourth-order valence-corrected chi connectivity index (χ4v) is 4.61. The largest absolute Gasteiger partial charge is 0.457 e. The second kappa shape index (κ2) is 7.97. The zero-order valence-corrected chi connectivity index (χ0v) is 16.0. The molecule has 1 N–H and O–H groups in total. The Kier molecular flexibility index (Phi) is 5.26. The highest BCUT2D eigenvalue weighted by molar-refractivity contribution is 7.08. The predicted molar refractivity (Wildman–Crippen MR) is 110 cm³/mol. The number of thiophene rings is 1. The summed E-state index contributed by atoms with van der Waals surface area (Å²) in [4.78, 5) is 12.6. The molecule has 0 atom stereocenters. The maximum Gasteiger partial charge on any atom is 0.251 e. The monoisotopic (exact) mass is 377 g/mol. The van der Waals surface area contributed by atoms with Gasteiger partial charge in [-0.1, -0.05) is 31.0 Å². The summed E-state index contributed by atoms with van der Waals surface area (Å²) < 4.78 is 5.79. The topological polar surface area (TPSA) is 38.3 Å². The third-order valence-electron chi connectivity index (χ3n) is 5.38. The van der Waals surface area contributed by atoms with E-state index in [4.69, 9.17) is 4.74 Å². The van der Waals surface area contributed by atoms with Crippen LogP contribution in [0.15, 0.2) is 71.4 Å². The van der Waals surface area contributed by atoms with E-state index in [1.54, 1.807) is 11.3 Å². The molecule has 0 bridgehead atoms. The van der Waals surface area contributed by atoms with E-state index < -0.39 is 0 Å². The van der Waals surface area contributed by atoms with Crippen LogP contribution in [0.25, 0.3) is 0 Å². The number of para-hydroxylation sites is 1. The molecule has 1 aromatic heterocycles. The van der Waals surface area contributed by atoms with E-state index in [9.17, 15) is 4.79 Å². The van der Waals surface area contributed by atoms with Crippen LogP contribution in [0.5, 0.6) is 11.5 Å². The van der Waals surface area contributed by atoms with Crippen LogP contribution in [0.3, 0.4) is 0 Å². The molecule has 3 nitrogen and oxygen atoms in total. The van der Waals surface area contributed by atoms with Gasteiger partial charge in [-0.25, -0.2) is 0 Å². The summed E-state index contributed by atoms with van der Waals surface area (Å²) in [5.74, 6) is 1.49. The minimum Gasteiger partial charge on any atom is -0.457 e. The zero-order chi connectivity index (χ0) is 18.5. The zero-order valence-electron chi connectivity index (χ0n) is 15.2. The van der Waals surface area contributed by atoms with E-state index in [1.165, 1.54) is 18.4 Å². The minimum absolute atomic E-state index is 0.0252. The molecule has 27 heavy (non-hydrogen) atoms. The molecule has 0 aliphatic heterocycles. The van der Waals surface area contributed by atoms with E-state index in [0.717, 1.165) is 24.3 Å². The molecular formula is C23H23NO2S. The number of ether oxygens (including phenoxy) is 1. The summed E-state index contributed by atoms with van der Waals surface area (Å²) in [5, 5.41) is 7.52. The van der Waals surface area contributed by atoms with E-state index >= 15 is 0 Å². The fraction of sp³-hybridized carbons (Fsp3) is 0.261. The average molecular weight is 378 g/mol. The van der Waals surface area contributed by atoms with Gasteiger partial charge in [-0.15, -0.1) is 0 Å². The number of hydrogen-bond donors (Lipinski definition) is 1. The number of rotatable bonds is 6. The van der Waals surface area contributed by atoms with Gasteiger partial charge in [0.2, 0.25) is 0 Å². The number of carbonyl (C=O) groups excluding carboxylic acids is 1. The first-order chi connectivity index (χ1) is 13.3. The van der Waals surface area contributed by atoms with Crippen molar-refractivity contribution in [1.29, 1.82) is 0 Å². The van der Waals surface area contributed by atoms with Gasteiger partial charge in [0.05, 0.1) is 0 Å². The van der Waals surface area contributed by atoms with Crippen molar-refractivity contribution in [1.82, 2.24) is 5.32 Å². The van der Waals surface area contributed by atoms with E-state index in [-0.39, 0.29) is 11.3 Å². The van der Waals surface area contributed by atoms with Crippen molar-refractivity contribution < 1.29 is 9.53 Å². The molecule has 1 heterocycles. The lowest BCUT2D eigenvalue weighted by atomic mass is 9.80. The van der Waals surface area contributed by atoms with Crippen LogP contribution in [-0.2, 0) is 5.41 Å². The molecular weight excluding hydrogens is 354 g/mol. The van der Waals surface area contributed by atoms with Crippen LogP contribution in [-0.4, -0.2) is 12.5 Å². The van der Waals surface area contributed by atoms with Gasteiger partial charge in [0.15, 0.2) is 0 Å². The molecule has 1 aliphatic rings. The molecule has 0 saturated heterocycles. The van der Waals surface area contributed by atoms with E-state index in [1.807, 2.05) is 54.6 Å². The van der Waals surface area contributed by atoms with Crippen molar-refractivity contribution in [3.63, 3.8) is 0 Å². The summed E-state index contributed by atoms with van der Waals surface area (Å²) in [5.41, 5.74) is 2.14.